The van der Waals surface area contributed by atoms with Crippen molar-refractivity contribution in [3.63, 3.8) is 0 Å². The van der Waals surface area contributed by atoms with Crippen molar-refractivity contribution in [1.29, 1.82) is 0 Å². The van der Waals surface area contributed by atoms with Crippen LogP contribution in [0.3, 0.4) is 0 Å². The molecule has 1 aromatic heterocycles. The van der Waals surface area contributed by atoms with E-state index in [1.165, 1.54) is 4.68 Å². The summed E-state index contributed by atoms with van der Waals surface area (Å²) in [6, 6.07) is 13.9. The first-order valence-corrected chi connectivity index (χ1v) is 10.8. The standard InChI is InChI=1S/C24H25F3N4O3/c1-2-3-21(16-4-6-17(7-5-16)23(34)28-13-12-22(32)33)30-19-8-10-20(11-9-19)31-15-18(14-29-31)24(25,26)27/h4-11,14-15,21,30H,2-3,12-13H2,1H3,(H,28,34)(H,32,33)/t21-/m0/s1. The maximum absolute atomic E-state index is 12.8. The van der Waals surface area contributed by atoms with E-state index in [0.29, 0.717) is 11.3 Å². The molecule has 1 atom stereocenters. The minimum atomic E-state index is -4.44. The van der Waals surface area contributed by atoms with Crippen LogP contribution in [-0.2, 0) is 11.0 Å². The molecule has 0 fully saturated rings. The summed E-state index contributed by atoms with van der Waals surface area (Å²) in [4.78, 5) is 22.7. The van der Waals surface area contributed by atoms with Gasteiger partial charge in [-0.3, -0.25) is 9.59 Å². The highest BCUT2D eigenvalue weighted by atomic mass is 19.4. The minimum absolute atomic E-state index is 0.0403. The second kappa shape index (κ2) is 10.9. The number of rotatable bonds is 10. The number of carboxylic acids is 1. The highest BCUT2D eigenvalue weighted by Gasteiger charge is 2.32. The molecule has 1 amide bonds. The third-order valence-electron chi connectivity index (χ3n) is 5.16. The van der Waals surface area contributed by atoms with Crippen molar-refractivity contribution < 1.29 is 27.9 Å². The van der Waals surface area contributed by atoms with Crippen molar-refractivity contribution in [3.8, 4) is 5.69 Å². The first-order valence-electron chi connectivity index (χ1n) is 10.8. The van der Waals surface area contributed by atoms with Gasteiger partial charge in [0, 0.05) is 24.0 Å². The van der Waals surface area contributed by atoms with Gasteiger partial charge in [-0.2, -0.15) is 18.3 Å². The average molecular weight is 474 g/mol. The number of nitrogens with zero attached hydrogens (tertiary/aromatic N) is 2. The molecular weight excluding hydrogens is 449 g/mol. The van der Waals surface area contributed by atoms with Gasteiger partial charge in [-0.25, -0.2) is 4.68 Å². The minimum Gasteiger partial charge on any atom is -0.481 e. The van der Waals surface area contributed by atoms with Gasteiger partial charge in [0.2, 0.25) is 0 Å². The fraction of sp³-hybridized carbons (Fsp3) is 0.292. The Morgan fingerprint density at radius 2 is 1.76 bits per heavy atom. The number of carboxylic acid groups (broad SMARTS) is 1. The number of anilines is 1. The number of nitrogens with one attached hydrogen (secondary N) is 2. The van der Waals surface area contributed by atoms with Crippen LogP contribution in [0.25, 0.3) is 5.69 Å². The van der Waals surface area contributed by atoms with Gasteiger partial charge in [-0.05, 0) is 48.4 Å². The normalized spacial score (nSPS) is 12.2. The van der Waals surface area contributed by atoms with Crippen molar-refractivity contribution in [1.82, 2.24) is 15.1 Å². The lowest BCUT2D eigenvalue weighted by atomic mass is 10.00. The maximum atomic E-state index is 12.8. The number of halogens is 3. The number of aliphatic carboxylic acids is 1. The Balaban J connectivity index is 1.67. The Kier molecular flexibility index (Phi) is 7.93. The smallest absolute Gasteiger partial charge is 0.419 e. The molecule has 7 nitrogen and oxygen atoms in total. The molecule has 0 aliphatic rings. The summed E-state index contributed by atoms with van der Waals surface area (Å²) < 4.78 is 39.6. The number of carbonyl (C=O) groups excluding carboxylic acids is 1. The van der Waals surface area contributed by atoms with Crippen LogP contribution < -0.4 is 10.6 Å². The number of benzene rings is 2. The van der Waals surface area contributed by atoms with Crippen LogP contribution in [-0.4, -0.2) is 33.3 Å². The van der Waals surface area contributed by atoms with E-state index in [4.69, 9.17) is 5.11 Å². The molecular formula is C24H25F3N4O3. The summed E-state index contributed by atoms with van der Waals surface area (Å²) in [6.07, 6.45) is -1.13. The third kappa shape index (κ3) is 6.60. The second-order valence-corrected chi connectivity index (χ2v) is 7.73. The van der Waals surface area contributed by atoms with Crippen molar-refractivity contribution in [2.45, 2.75) is 38.4 Å². The maximum Gasteiger partial charge on any atom is 0.419 e. The molecule has 3 aromatic rings. The predicted molar refractivity (Wildman–Crippen MR) is 121 cm³/mol. The van der Waals surface area contributed by atoms with Crippen molar-refractivity contribution in [2.24, 2.45) is 0 Å². The van der Waals surface area contributed by atoms with Crippen LogP contribution in [0.5, 0.6) is 0 Å². The zero-order chi connectivity index (χ0) is 24.7. The van der Waals surface area contributed by atoms with Gasteiger partial charge in [0.1, 0.15) is 0 Å². The Hall–Kier alpha value is -3.82. The zero-order valence-electron chi connectivity index (χ0n) is 18.5. The molecule has 0 aliphatic carbocycles. The van der Waals surface area contributed by atoms with Crippen LogP contribution in [0.2, 0.25) is 0 Å². The van der Waals surface area contributed by atoms with E-state index >= 15 is 0 Å². The van der Waals surface area contributed by atoms with Crippen molar-refractivity contribution >= 4 is 17.6 Å². The van der Waals surface area contributed by atoms with E-state index in [1.54, 1.807) is 36.4 Å². The van der Waals surface area contributed by atoms with Crippen molar-refractivity contribution in [2.75, 3.05) is 11.9 Å². The molecule has 0 bridgehead atoms. The van der Waals surface area contributed by atoms with E-state index in [-0.39, 0.29) is 24.9 Å². The molecule has 1 heterocycles. The number of carbonyl (C=O) groups is 2. The van der Waals surface area contributed by atoms with Gasteiger partial charge in [0.25, 0.3) is 5.91 Å². The van der Waals surface area contributed by atoms with E-state index in [1.807, 2.05) is 12.1 Å². The molecule has 0 spiro atoms. The molecule has 10 heteroatoms. The van der Waals surface area contributed by atoms with Crippen LogP contribution in [0, 0.1) is 0 Å². The van der Waals surface area contributed by atoms with Crippen LogP contribution in [0.15, 0.2) is 60.9 Å². The lowest BCUT2D eigenvalue weighted by Gasteiger charge is -2.20. The van der Waals surface area contributed by atoms with Crippen LogP contribution in [0.1, 0.15) is 53.7 Å². The molecule has 0 saturated heterocycles. The monoisotopic (exact) mass is 474 g/mol. The third-order valence-corrected chi connectivity index (χ3v) is 5.16. The molecule has 3 N–H and O–H groups in total. The summed E-state index contributed by atoms with van der Waals surface area (Å²) in [6.45, 7) is 2.11. The Morgan fingerprint density at radius 1 is 1.09 bits per heavy atom. The second-order valence-electron chi connectivity index (χ2n) is 7.73. The van der Waals surface area contributed by atoms with Gasteiger partial charge in [-0.15, -0.1) is 0 Å². The summed E-state index contributed by atoms with van der Waals surface area (Å²) >= 11 is 0. The quantitative estimate of drug-likeness (QED) is 0.382. The van der Waals surface area contributed by atoms with Gasteiger partial charge >= 0.3 is 12.1 Å². The fourth-order valence-electron chi connectivity index (χ4n) is 3.38. The van der Waals surface area contributed by atoms with Crippen LogP contribution in [0.4, 0.5) is 18.9 Å². The summed E-state index contributed by atoms with van der Waals surface area (Å²) in [7, 11) is 0. The van der Waals surface area contributed by atoms with Crippen molar-refractivity contribution in [3.05, 3.63) is 77.6 Å². The summed E-state index contributed by atoms with van der Waals surface area (Å²) in [5, 5.41) is 18.4. The van der Waals surface area contributed by atoms with Gasteiger partial charge in [-0.1, -0.05) is 25.5 Å². The highest BCUT2D eigenvalue weighted by Crippen LogP contribution is 2.29. The molecule has 3 rings (SSSR count). The Labute approximate surface area is 194 Å². The van der Waals surface area contributed by atoms with Gasteiger partial charge in [0.05, 0.1) is 29.9 Å². The first kappa shape index (κ1) is 24.8. The van der Waals surface area contributed by atoms with E-state index in [2.05, 4.69) is 22.7 Å². The van der Waals surface area contributed by atoms with Crippen LogP contribution >= 0.6 is 0 Å². The molecule has 0 radical (unpaired) electrons. The van der Waals surface area contributed by atoms with E-state index < -0.39 is 17.7 Å². The van der Waals surface area contributed by atoms with Gasteiger partial charge in [0.15, 0.2) is 0 Å². The zero-order valence-corrected chi connectivity index (χ0v) is 18.5. The predicted octanol–water partition coefficient (Wildman–Crippen LogP) is 5.05. The average Bonchev–Trinajstić information content (AvgIpc) is 3.30. The Morgan fingerprint density at radius 3 is 2.32 bits per heavy atom. The number of alkyl halides is 3. The SMILES string of the molecule is CCC[C@H](Nc1ccc(-n2cc(C(F)(F)F)cn2)cc1)c1ccc(C(=O)NCCC(=O)O)cc1. The number of hydrogen-bond donors (Lipinski definition) is 3. The molecule has 2 aromatic carbocycles. The molecule has 0 unspecified atom stereocenters. The molecule has 180 valence electrons. The Bertz CT molecular complexity index is 1110. The lowest BCUT2D eigenvalue weighted by Crippen LogP contribution is -2.26. The van der Waals surface area contributed by atoms with Gasteiger partial charge < -0.3 is 15.7 Å². The fourth-order valence-corrected chi connectivity index (χ4v) is 3.38. The summed E-state index contributed by atoms with van der Waals surface area (Å²) in [5.74, 6) is -1.32. The highest BCUT2D eigenvalue weighted by molar-refractivity contribution is 5.94. The summed E-state index contributed by atoms with van der Waals surface area (Å²) in [5.41, 5.74) is 1.89. The lowest BCUT2D eigenvalue weighted by molar-refractivity contribution is -0.138. The number of hydrogen-bond acceptors (Lipinski definition) is 4. The number of aromatic nitrogens is 2. The number of amides is 1. The van der Waals surface area contributed by atoms with E-state index in [0.717, 1.165) is 36.5 Å². The molecule has 0 saturated carbocycles. The van der Waals surface area contributed by atoms with E-state index in [9.17, 15) is 22.8 Å². The first-order chi connectivity index (χ1) is 16.2. The largest absolute Gasteiger partial charge is 0.481 e. The molecule has 34 heavy (non-hydrogen) atoms. The topological polar surface area (TPSA) is 96.3 Å². The molecule has 0 aliphatic heterocycles.